The predicted molar refractivity (Wildman–Crippen MR) is 110 cm³/mol. The molecule has 0 unspecified atom stereocenters. The van der Waals surface area contributed by atoms with Gasteiger partial charge < -0.3 is 14.0 Å². The van der Waals surface area contributed by atoms with Gasteiger partial charge in [0, 0.05) is 37.8 Å². The van der Waals surface area contributed by atoms with E-state index >= 15 is 0 Å². The van der Waals surface area contributed by atoms with Crippen molar-refractivity contribution >= 4 is 20.9 Å². The molecule has 2 atom stereocenters. The average Bonchev–Trinajstić information content (AvgIpc) is 3.35. The molecule has 0 amide bonds. The molecule has 0 N–H and O–H groups in total. The topological polar surface area (TPSA) is 86.5 Å². The molecule has 0 bridgehead atoms. The molecule has 1 fully saturated rings. The Morgan fingerprint density at radius 1 is 1.24 bits per heavy atom. The second-order valence-corrected chi connectivity index (χ2v) is 9.54. The molecular formula is C20H24N4O4S. The number of imidazole rings is 1. The van der Waals surface area contributed by atoms with Gasteiger partial charge in [0.15, 0.2) is 5.82 Å². The molecule has 1 aliphatic heterocycles. The molecule has 1 saturated heterocycles. The normalized spacial score (nSPS) is 19.9. The van der Waals surface area contributed by atoms with Gasteiger partial charge in [-0.3, -0.25) is 0 Å². The molecule has 4 rings (SSSR count). The van der Waals surface area contributed by atoms with Crippen LogP contribution in [0.4, 0.5) is 0 Å². The van der Waals surface area contributed by atoms with Crippen molar-refractivity contribution in [2.45, 2.75) is 6.04 Å². The van der Waals surface area contributed by atoms with Crippen LogP contribution in [0.25, 0.3) is 22.4 Å². The minimum Gasteiger partial charge on any atom is -0.494 e. The number of para-hydroxylation sites is 1. The number of nitrogens with zero attached hydrogens (tertiary/aromatic N) is 4. The Hall–Kier alpha value is -2.49. The first-order valence-electron chi connectivity index (χ1n) is 9.35. The quantitative estimate of drug-likeness (QED) is 0.612. The minimum atomic E-state index is -3.33. The summed E-state index contributed by atoms with van der Waals surface area (Å²) >= 11 is 0. The van der Waals surface area contributed by atoms with Gasteiger partial charge in [-0.1, -0.05) is 18.2 Å². The highest BCUT2D eigenvalue weighted by molar-refractivity contribution is 7.89. The number of methoxy groups -OCH3 is 1. The van der Waals surface area contributed by atoms with E-state index in [4.69, 9.17) is 14.5 Å². The zero-order chi connectivity index (χ0) is 20.6. The van der Waals surface area contributed by atoms with Crippen LogP contribution in [0.15, 0.2) is 42.7 Å². The van der Waals surface area contributed by atoms with Crippen LogP contribution < -0.4 is 4.74 Å². The zero-order valence-electron chi connectivity index (χ0n) is 16.6. The second-order valence-electron chi connectivity index (χ2n) is 7.31. The smallest absolute Gasteiger partial charge is 0.214 e. The maximum Gasteiger partial charge on any atom is 0.214 e. The first-order valence-corrected chi connectivity index (χ1v) is 11.0. The summed E-state index contributed by atoms with van der Waals surface area (Å²) in [7, 11) is 1.39. The number of aromatic nitrogens is 3. The number of hydrogen-bond donors (Lipinski definition) is 0. The van der Waals surface area contributed by atoms with Gasteiger partial charge in [-0.25, -0.2) is 22.7 Å². The highest BCUT2D eigenvalue weighted by atomic mass is 32.2. The van der Waals surface area contributed by atoms with Crippen molar-refractivity contribution in [1.29, 1.82) is 0 Å². The van der Waals surface area contributed by atoms with Gasteiger partial charge in [0.05, 0.1) is 32.1 Å². The van der Waals surface area contributed by atoms with Gasteiger partial charge in [-0.15, -0.1) is 0 Å². The second kappa shape index (κ2) is 7.74. The third kappa shape index (κ3) is 3.73. The number of pyridine rings is 1. The van der Waals surface area contributed by atoms with E-state index in [9.17, 15) is 8.42 Å². The van der Waals surface area contributed by atoms with Gasteiger partial charge in [0.1, 0.15) is 17.0 Å². The molecule has 9 heteroatoms. The van der Waals surface area contributed by atoms with Crippen molar-refractivity contribution in [2.75, 3.05) is 40.2 Å². The standard InChI is InChI=1S/C20H24N4O4S/c1-23(2)29(25,26)13-15-11-28-12-17(15)24-10-9-21-20(24)16-8-7-14-5-4-6-18(27-3)19(14)22-16/h4-10,15,17H,11-13H2,1-3H3/t15-,17-/m1/s1. The van der Waals surface area contributed by atoms with E-state index in [2.05, 4.69) is 4.98 Å². The Labute approximate surface area is 170 Å². The third-order valence-corrected chi connectivity index (χ3v) is 7.27. The number of hydrogen-bond acceptors (Lipinski definition) is 6. The third-order valence-electron chi connectivity index (χ3n) is 5.30. The molecule has 2 aromatic heterocycles. The predicted octanol–water partition coefficient (Wildman–Crippen LogP) is 2.19. The molecule has 154 valence electrons. The lowest BCUT2D eigenvalue weighted by atomic mass is 10.1. The van der Waals surface area contributed by atoms with Crippen LogP contribution in [0.3, 0.4) is 0 Å². The van der Waals surface area contributed by atoms with Gasteiger partial charge in [-0.05, 0) is 12.1 Å². The van der Waals surface area contributed by atoms with Crippen LogP contribution in [0.5, 0.6) is 5.75 Å². The van der Waals surface area contributed by atoms with E-state index in [0.29, 0.717) is 30.5 Å². The number of ether oxygens (including phenoxy) is 2. The fourth-order valence-corrected chi connectivity index (χ4v) is 4.82. The lowest BCUT2D eigenvalue weighted by Crippen LogP contribution is -2.32. The van der Waals surface area contributed by atoms with E-state index in [1.807, 2.05) is 41.1 Å². The summed E-state index contributed by atoms with van der Waals surface area (Å²) in [6.07, 6.45) is 3.57. The summed E-state index contributed by atoms with van der Waals surface area (Å²) in [4.78, 5) is 9.28. The minimum absolute atomic E-state index is 0.0290. The van der Waals surface area contributed by atoms with Crippen molar-refractivity contribution < 1.29 is 17.9 Å². The Morgan fingerprint density at radius 3 is 2.83 bits per heavy atom. The van der Waals surface area contributed by atoms with E-state index in [1.54, 1.807) is 27.4 Å². The Balaban J connectivity index is 1.71. The summed E-state index contributed by atoms with van der Waals surface area (Å²) in [6, 6.07) is 9.56. The van der Waals surface area contributed by atoms with Crippen LogP contribution in [0.2, 0.25) is 0 Å². The lowest BCUT2D eigenvalue weighted by Gasteiger charge is -2.22. The Morgan fingerprint density at radius 2 is 2.07 bits per heavy atom. The monoisotopic (exact) mass is 416 g/mol. The van der Waals surface area contributed by atoms with Crippen molar-refractivity contribution in [3.63, 3.8) is 0 Å². The number of sulfonamides is 1. The molecule has 0 spiro atoms. The van der Waals surface area contributed by atoms with Crippen molar-refractivity contribution in [2.24, 2.45) is 5.92 Å². The fourth-order valence-electron chi connectivity index (χ4n) is 3.66. The summed E-state index contributed by atoms with van der Waals surface area (Å²) in [6.45, 7) is 0.836. The van der Waals surface area contributed by atoms with Gasteiger partial charge in [-0.2, -0.15) is 0 Å². The number of rotatable bonds is 6. The summed E-state index contributed by atoms with van der Waals surface area (Å²) in [5, 5.41) is 0.977. The molecule has 0 aliphatic carbocycles. The van der Waals surface area contributed by atoms with Gasteiger partial charge >= 0.3 is 0 Å². The summed E-state index contributed by atoms with van der Waals surface area (Å²) in [5.41, 5.74) is 1.46. The number of benzene rings is 1. The van der Waals surface area contributed by atoms with Gasteiger partial charge in [0.2, 0.25) is 10.0 Å². The van der Waals surface area contributed by atoms with Crippen LogP contribution in [0, 0.1) is 5.92 Å². The van der Waals surface area contributed by atoms with Gasteiger partial charge in [0.25, 0.3) is 0 Å². The summed E-state index contributed by atoms with van der Waals surface area (Å²) < 4.78 is 39.1. The van der Waals surface area contributed by atoms with E-state index in [-0.39, 0.29) is 17.7 Å². The molecule has 3 aromatic rings. The average molecular weight is 417 g/mol. The number of fused-ring (bicyclic) bond motifs is 1. The van der Waals surface area contributed by atoms with Crippen molar-refractivity contribution in [3.8, 4) is 17.3 Å². The molecule has 29 heavy (non-hydrogen) atoms. The SMILES string of the molecule is COc1cccc2ccc(-c3nccn3[C@@H]3COC[C@@H]3CS(=O)(=O)N(C)C)nc12. The zero-order valence-corrected chi connectivity index (χ0v) is 17.5. The van der Waals surface area contributed by atoms with E-state index < -0.39 is 10.0 Å². The molecule has 1 aromatic carbocycles. The maximum absolute atomic E-state index is 12.4. The Bertz CT molecular complexity index is 1130. The largest absolute Gasteiger partial charge is 0.494 e. The first kappa shape index (κ1) is 19.8. The molecular weight excluding hydrogens is 392 g/mol. The molecule has 8 nitrogen and oxygen atoms in total. The van der Waals surface area contributed by atoms with E-state index in [1.165, 1.54) is 4.31 Å². The maximum atomic E-state index is 12.4. The summed E-state index contributed by atoms with van der Waals surface area (Å²) in [5.74, 6) is 1.24. The van der Waals surface area contributed by atoms with Crippen molar-refractivity contribution in [1.82, 2.24) is 18.8 Å². The van der Waals surface area contributed by atoms with Crippen LogP contribution >= 0.6 is 0 Å². The van der Waals surface area contributed by atoms with E-state index in [0.717, 1.165) is 10.9 Å². The lowest BCUT2D eigenvalue weighted by molar-refractivity contribution is 0.182. The highest BCUT2D eigenvalue weighted by Gasteiger charge is 2.35. The van der Waals surface area contributed by atoms with Crippen LogP contribution in [-0.4, -0.2) is 67.4 Å². The first-order chi connectivity index (χ1) is 13.9. The van der Waals surface area contributed by atoms with Crippen LogP contribution in [0.1, 0.15) is 6.04 Å². The molecule has 3 heterocycles. The molecule has 0 saturated carbocycles. The fraction of sp³-hybridized carbons (Fsp3) is 0.400. The molecule has 1 aliphatic rings. The molecule has 0 radical (unpaired) electrons. The highest BCUT2D eigenvalue weighted by Crippen LogP contribution is 2.32. The Kier molecular flexibility index (Phi) is 5.28. The van der Waals surface area contributed by atoms with Crippen molar-refractivity contribution in [3.05, 3.63) is 42.7 Å². The van der Waals surface area contributed by atoms with Crippen LogP contribution in [-0.2, 0) is 14.8 Å².